The van der Waals surface area contributed by atoms with Gasteiger partial charge in [0.25, 0.3) is 0 Å². The van der Waals surface area contributed by atoms with Gasteiger partial charge >= 0.3 is 0 Å². The average molecular weight is 306 g/mol. The zero-order chi connectivity index (χ0) is 12.8. The van der Waals surface area contributed by atoms with Crippen molar-refractivity contribution in [2.75, 3.05) is 7.11 Å². The van der Waals surface area contributed by atoms with Gasteiger partial charge in [-0.15, -0.1) is 0 Å². The van der Waals surface area contributed by atoms with Gasteiger partial charge in [0.2, 0.25) is 0 Å². The third kappa shape index (κ3) is 2.13. The molecule has 0 unspecified atom stereocenters. The van der Waals surface area contributed by atoms with Crippen molar-refractivity contribution in [1.82, 2.24) is 0 Å². The second kappa shape index (κ2) is 4.25. The van der Waals surface area contributed by atoms with Crippen LogP contribution in [0.2, 0.25) is 0 Å². The molecule has 0 amide bonds. The predicted octanol–water partition coefficient (Wildman–Crippen LogP) is 3.64. The number of nitrogens with two attached hydrogens (primary N) is 1. The van der Waals surface area contributed by atoms with Crippen LogP contribution in [-0.4, -0.2) is 12.6 Å². The van der Waals surface area contributed by atoms with E-state index in [-0.39, 0.29) is 5.54 Å². The maximum Gasteiger partial charge on any atom is 0.122 e. The molecule has 0 radical (unpaired) electrons. The summed E-state index contributed by atoms with van der Waals surface area (Å²) in [6.45, 7) is 0. The molecule has 0 spiro atoms. The molecule has 94 valence electrons. The molecule has 3 rings (SSSR count). The lowest BCUT2D eigenvalue weighted by Gasteiger charge is -2.15. The van der Waals surface area contributed by atoms with Crippen LogP contribution in [0.15, 0.2) is 34.8 Å². The zero-order valence-electron chi connectivity index (χ0n) is 10.4. The smallest absolute Gasteiger partial charge is 0.122 e. The Balaban J connectivity index is 2.17. The first-order valence-electron chi connectivity index (χ1n) is 6.15. The number of hydrogen-bond donors (Lipinski definition) is 1. The normalized spacial score (nSPS) is 16.8. The van der Waals surface area contributed by atoms with Crippen LogP contribution in [0.4, 0.5) is 0 Å². The molecule has 2 aromatic rings. The van der Waals surface area contributed by atoms with Crippen LogP contribution >= 0.6 is 15.9 Å². The second-order valence-electron chi connectivity index (χ2n) is 5.15. The number of ether oxygens (including phenoxy) is 1. The minimum Gasteiger partial charge on any atom is -0.496 e. The molecule has 0 bridgehead atoms. The highest BCUT2D eigenvalue weighted by molar-refractivity contribution is 9.10. The fraction of sp³-hybridized carbons (Fsp3) is 0.333. The maximum absolute atomic E-state index is 6.26. The van der Waals surface area contributed by atoms with Gasteiger partial charge < -0.3 is 10.5 Å². The van der Waals surface area contributed by atoms with Crippen LogP contribution in [0.5, 0.6) is 5.75 Å². The molecule has 18 heavy (non-hydrogen) atoms. The Morgan fingerprint density at radius 2 is 2.06 bits per heavy atom. The van der Waals surface area contributed by atoms with Crippen molar-refractivity contribution in [3.63, 3.8) is 0 Å². The van der Waals surface area contributed by atoms with E-state index in [4.69, 9.17) is 10.5 Å². The van der Waals surface area contributed by atoms with Gasteiger partial charge in [0.15, 0.2) is 0 Å². The van der Waals surface area contributed by atoms with E-state index < -0.39 is 0 Å². The van der Waals surface area contributed by atoms with Gasteiger partial charge in [0.1, 0.15) is 5.75 Å². The fourth-order valence-corrected chi connectivity index (χ4v) is 2.79. The molecule has 2 N–H and O–H groups in total. The summed E-state index contributed by atoms with van der Waals surface area (Å²) < 4.78 is 6.59. The van der Waals surface area contributed by atoms with Crippen molar-refractivity contribution < 1.29 is 4.74 Å². The molecule has 2 aromatic carbocycles. The summed E-state index contributed by atoms with van der Waals surface area (Å²) in [5.41, 5.74) is 7.49. The van der Waals surface area contributed by atoms with Crippen molar-refractivity contribution in [3.8, 4) is 5.75 Å². The third-order valence-electron chi connectivity index (χ3n) is 3.69. The summed E-state index contributed by atoms with van der Waals surface area (Å²) in [7, 11) is 1.72. The Kier molecular flexibility index (Phi) is 2.83. The van der Waals surface area contributed by atoms with Crippen molar-refractivity contribution in [1.29, 1.82) is 0 Å². The molecule has 3 heteroatoms. The molecular weight excluding hydrogens is 290 g/mol. The monoisotopic (exact) mass is 305 g/mol. The van der Waals surface area contributed by atoms with E-state index in [1.165, 1.54) is 16.3 Å². The summed E-state index contributed by atoms with van der Waals surface area (Å²) in [4.78, 5) is 0. The van der Waals surface area contributed by atoms with Gasteiger partial charge in [-0.05, 0) is 48.2 Å². The number of benzene rings is 2. The van der Waals surface area contributed by atoms with Crippen LogP contribution in [0, 0.1) is 0 Å². The molecular formula is C15H16BrNO. The Morgan fingerprint density at radius 1 is 1.28 bits per heavy atom. The summed E-state index contributed by atoms with van der Waals surface area (Å²) in [6, 6.07) is 10.5. The lowest BCUT2D eigenvalue weighted by molar-refractivity contribution is 0.408. The molecule has 0 aromatic heterocycles. The van der Waals surface area contributed by atoms with Crippen LogP contribution in [0.1, 0.15) is 18.4 Å². The molecule has 2 nitrogen and oxygen atoms in total. The van der Waals surface area contributed by atoms with Crippen molar-refractivity contribution >= 4 is 26.7 Å². The second-order valence-corrected chi connectivity index (χ2v) is 6.07. The number of methoxy groups -OCH3 is 1. The van der Waals surface area contributed by atoms with E-state index in [9.17, 15) is 0 Å². The van der Waals surface area contributed by atoms with Crippen molar-refractivity contribution in [2.24, 2.45) is 5.73 Å². The minimum atomic E-state index is -0.00532. The molecule has 1 fully saturated rings. The van der Waals surface area contributed by atoms with E-state index >= 15 is 0 Å². The standard InChI is InChI=1S/C15H16BrNO/c1-18-14-5-2-10-8-11(16)3-4-12(10)13(14)9-15(17)6-7-15/h2-5,8H,6-7,9,17H2,1H3. The van der Waals surface area contributed by atoms with Crippen LogP contribution < -0.4 is 10.5 Å². The first-order valence-corrected chi connectivity index (χ1v) is 6.95. The predicted molar refractivity (Wildman–Crippen MR) is 78.1 cm³/mol. The Morgan fingerprint density at radius 3 is 2.72 bits per heavy atom. The number of rotatable bonds is 3. The van der Waals surface area contributed by atoms with E-state index in [0.29, 0.717) is 0 Å². The van der Waals surface area contributed by atoms with Crippen LogP contribution in [0.25, 0.3) is 10.8 Å². The average Bonchev–Trinajstić information content (AvgIpc) is 3.07. The number of fused-ring (bicyclic) bond motifs is 1. The third-order valence-corrected chi connectivity index (χ3v) is 4.18. The Hall–Kier alpha value is -1.06. The van der Waals surface area contributed by atoms with Gasteiger partial charge in [0.05, 0.1) is 7.11 Å². The molecule has 0 atom stereocenters. The zero-order valence-corrected chi connectivity index (χ0v) is 12.0. The van der Waals surface area contributed by atoms with Gasteiger partial charge in [-0.25, -0.2) is 0 Å². The fourth-order valence-electron chi connectivity index (χ4n) is 2.41. The number of hydrogen-bond acceptors (Lipinski definition) is 2. The lowest BCUT2D eigenvalue weighted by Crippen LogP contribution is -2.24. The molecule has 1 aliphatic rings. The van der Waals surface area contributed by atoms with Gasteiger partial charge in [-0.2, -0.15) is 0 Å². The molecule has 1 saturated carbocycles. The SMILES string of the molecule is COc1ccc2cc(Br)ccc2c1CC1(N)CC1. The highest BCUT2D eigenvalue weighted by atomic mass is 79.9. The van der Waals surface area contributed by atoms with Crippen molar-refractivity contribution in [2.45, 2.75) is 24.8 Å². The van der Waals surface area contributed by atoms with E-state index in [1.807, 2.05) is 6.07 Å². The molecule has 1 aliphatic carbocycles. The van der Waals surface area contributed by atoms with Gasteiger partial charge in [-0.3, -0.25) is 0 Å². The Labute approximate surface area is 115 Å². The van der Waals surface area contributed by atoms with Crippen molar-refractivity contribution in [3.05, 3.63) is 40.4 Å². The van der Waals surface area contributed by atoms with Crippen LogP contribution in [0.3, 0.4) is 0 Å². The molecule has 0 saturated heterocycles. The first kappa shape index (κ1) is 12.0. The summed E-state index contributed by atoms with van der Waals surface area (Å²) in [5, 5.41) is 2.47. The summed E-state index contributed by atoms with van der Waals surface area (Å²) >= 11 is 3.51. The molecule has 0 heterocycles. The minimum absolute atomic E-state index is 0.00532. The van der Waals surface area contributed by atoms with Crippen LogP contribution in [-0.2, 0) is 6.42 Å². The highest BCUT2D eigenvalue weighted by Gasteiger charge is 2.39. The van der Waals surface area contributed by atoms with Gasteiger partial charge in [-0.1, -0.05) is 28.1 Å². The van der Waals surface area contributed by atoms with E-state index in [2.05, 4.69) is 40.2 Å². The van der Waals surface area contributed by atoms with E-state index in [0.717, 1.165) is 29.5 Å². The quantitative estimate of drug-likeness (QED) is 0.939. The summed E-state index contributed by atoms with van der Waals surface area (Å²) in [5.74, 6) is 0.946. The topological polar surface area (TPSA) is 35.2 Å². The number of halogens is 1. The Bertz CT molecular complexity index is 605. The largest absolute Gasteiger partial charge is 0.496 e. The highest BCUT2D eigenvalue weighted by Crippen LogP contribution is 2.40. The maximum atomic E-state index is 6.26. The lowest BCUT2D eigenvalue weighted by atomic mass is 9.97. The first-order chi connectivity index (χ1) is 8.61. The van der Waals surface area contributed by atoms with Gasteiger partial charge in [0, 0.05) is 15.6 Å². The van der Waals surface area contributed by atoms with E-state index in [1.54, 1.807) is 7.11 Å². The summed E-state index contributed by atoms with van der Waals surface area (Å²) in [6.07, 6.45) is 3.13. The molecule has 0 aliphatic heterocycles.